The Bertz CT molecular complexity index is 381. The van der Waals surface area contributed by atoms with Gasteiger partial charge in [-0.15, -0.1) is 0 Å². The van der Waals surface area contributed by atoms with E-state index < -0.39 is 5.97 Å². The summed E-state index contributed by atoms with van der Waals surface area (Å²) in [7, 11) is 0. The van der Waals surface area contributed by atoms with E-state index in [0.717, 1.165) is 0 Å². The van der Waals surface area contributed by atoms with Crippen molar-refractivity contribution in [1.82, 2.24) is 0 Å². The van der Waals surface area contributed by atoms with Crippen LogP contribution in [0, 0.1) is 0 Å². The van der Waals surface area contributed by atoms with Gasteiger partial charge in [-0.1, -0.05) is 29.8 Å². The van der Waals surface area contributed by atoms with Gasteiger partial charge in [-0.3, -0.25) is 0 Å². The first kappa shape index (κ1) is 11.9. The van der Waals surface area contributed by atoms with Gasteiger partial charge in [0, 0.05) is 10.0 Å². The van der Waals surface area contributed by atoms with Crippen LogP contribution in [0.4, 0.5) is 0 Å². The van der Waals surface area contributed by atoms with Crippen molar-refractivity contribution >= 4 is 29.2 Å². The predicted molar refractivity (Wildman–Crippen MR) is 58.7 cm³/mol. The van der Waals surface area contributed by atoms with Crippen LogP contribution in [0.1, 0.15) is 0 Å². The highest BCUT2D eigenvalue weighted by atomic mass is 35.5. The summed E-state index contributed by atoms with van der Waals surface area (Å²) in [5, 5.41) is 9.40. The van der Waals surface area contributed by atoms with Crippen molar-refractivity contribution in [2.45, 2.75) is 0 Å². The molecule has 1 rings (SSSR count). The zero-order valence-electron chi connectivity index (χ0n) is 7.67. The van der Waals surface area contributed by atoms with Crippen LogP contribution in [-0.2, 0) is 4.79 Å². The molecule has 1 aromatic carbocycles. The second-order valence-electron chi connectivity index (χ2n) is 2.80. The number of ether oxygens (including phenoxy) is 1. The lowest BCUT2D eigenvalue weighted by atomic mass is 10.3. The van der Waals surface area contributed by atoms with Crippen LogP contribution in [-0.4, -0.2) is 17.7 Å². The normalized spacial score (nSPS) is 9.73. The third kappa shape index (κ3) is 3.81. The molecule has 80 valence electrons. The quantitative estimate of drug-likeness (QED) is 0.832. The van der Waals surface area contributed by atoms with Gasteiger partial charge in [0.1, 0.15) is 12.4 Å². The molecule has 5 heteroatoms. The minimum atomic E-state index is -1.09. The summed E-state index contributed by atoms with van der Waals surface area (Å²) in [6.07, 6.45) is 0. The molecule has 0 atom stereocenters. The Labute approximate surface area is 96.9 Å². The zero-order chi connectivity index (χ0) is 11.4. The van der Waals surface area contributed by atoms with E-state index in [-0.39, 0.29) is 12.2 Å². The van der Waals surface area contributed by atoms with Crippen molar-refractivity contribution in [2.75, 3.05) is 6.61 Å². The Kier molecular flexibility index (Phi) is 4.00. The molecule has 0 saturated heterocycles. The van der Waals surface area contributed by atoms with E-state index in [4.69, 9.17) is 33.0 Å². The Hall–Kier alpha value is -1.19. The SMILES string of the molecule is C=C(COc1cc(Cl)cc(Cl)c1)C(=O)O. The standard InChI is InChI=1S/C10H8Cl2O3/c1-6(10(13)14)5-15-9-3-7(11)2-8(12)4-9/h2-4H,1,5H2,(H,13,14). The highest BCUT2D eigenvalue weighted by Crippen LogP contribution is 2.24. The average Bonchev–Trinajstić information content (AvgIpc) is 2.12. The smallest absolute Gasteiger partial charge is 0.334 e. The Morgan fingerprint density at radius 2 is 1.87 bits per heavy atom. The lowest BCUT2D eigenvalue weighted by Crippen LogP contribution is -2.08. The van der Waals surface area contributed by atoms with Crippen LogP contribution in [0.5, 0.6) is 5.75 Å². The molecule has 0 bridgehead atoms. The summed E-state index contributed by atoms with van der Waals surface area (Å²) in [6.45, 7) is 3.22. The maximum atomic E-state index is 10.4. The van der Waals surface area contributed by atoms with E-state index >= 15 is 0 Å². The highest BCUT2D eigenvalue weighted by Gasteiger charge is 2.05. The van der Waals surface area contributed by atoms with Crippen LogP contribution in [0.2, 0.25) is 10.0 Å². The summed E-state index contributed by atoms with van der Waals surface area (Å²) in [4.78, 5) is 10.4. The molecule has 0 radical (unpaired) electrons. The first-order chi connectivity index (χ1) is 6.99. The van der Waals surface area contributed by atoms with Gasteiger partial charge in [-0.25, -0.2) is 4.79 Å². The fraction of sp³-hybridized carbons (Fsp3) is 0.100. The summed E-state index contributed by atoms with van der Waals surface area (Å²) in [5.41, 5.74) is -0.0360. The minimum Gasteiger partial charge on any atom is -0.489 e. The fourth-order valence-electron chi connectivity index (χ4n) is 0.844. The van der Waals surface area contributed by atoms with Crippen LogP contribution >= 0.6 is 23.2 Å². The third-order valence-electron chi connectivity index (χ3n) is 1.55. The average molecular weight is 247 g/mol. The van der Waals surface area contributed by atoms with Crippen LogP contribution in [0.3, 0.4) is 0 Å². The number of benzene rings is 1. The van der Waals surface area contributed by atoms with E-state index in [0.29, 0.717) is 15.8 Å². The van der Waals surface area contributed by atoms with Gasteiger partial charge in [0.2, 0.25) is 0 Å². The molecule has 0 aliphatic carbocycles. The van der Waals surface area contributed by atoms with E-state index in [1.165, 1.54) is 0 Å². The Morgan fingerprint density at radius 1 is 1.33 bits per heavy atom. The molecule has 0 amide bonds. The van der Waals surface area contributed by atoms with Crippen molar-refractivity contribution in [1.29, 1.82) is 0 Å². The number of hydrogen-bond acceptors (Lipinski definition) is 2. The second kappa shape index (κ2) is 5.05. The van der Waals surface area contributed by atoms with Crippen molar-refractivity contribution in [2.24, 2.45) is 0 Å². The van der Waals surface area contributed by atoms with Gasteiger partial charge in [0.15, 0.2) is 0 Å². The van der Waals surface area contributed by atoms with Gasteiger partial charge >= 0.3 is 5.97 Å². The highest BCUT2D eigenvalue weighted by molar-refractivity contribution is 6.34. The summed E-state index contributed by atoms with van der Waals surface area (Å²) >= 11 is 11.4. The zero-order valence-corrected chi connectivity index (χ0v) is 9.18. The van der Waals surface area contributed by atoms with Gasteiger partial charge < -0.3 is 9.84 Å². The fourth-order valence-corrected chi connectivity index (χ4v) is 1.35. The molecular weight excluding hydrogens is 239 g/mol. The van der Waals surface area contributed by atoms with E-state index in [2.05, 4.69) is 6.58 Å². The van der Waals surface area contributed by atoms with Gasteiger partial charge in [0.05, 0.1) is 5.57 Å². The maximum absolute atomic E-state index is 10.4. The number of carboxylic acid groups (broad SMARTS) is 1. The lowest BCUT2D eigenvalue weighted by molar-refractivity contribution is -0.133. The minimum absolute atomic E-state index is 0.0360. The number of carboxylic acids is 1. The summed E-state index contributed by atoms with van der Waals surface area (Å²) in [5.74, 6) is -0.682. The van der Waals surface area contributed by atoms with Crippen molar-refractivity contribution in [3.63, 3.8) is 0 Å². The van der Waals surface area contributed by atoms with Crippen LogP contribution < -0.4 is 4.74 Å². The molecule has 0 unspecified atom stereocenters. The number of hydrogen-bond donors (Lipinski definition) is 1. The van der Waals surface area contributed by atoms with E-state index in [9.17, 15) is 4.79 Å². The van der Waals surface area contributed by atoms with Crippen LogP contribution in [0.15, 0.2) is 30.4 Å². The van der Waals surface area contributed by atoms with E-state index in [1.807, 2.05) is 0 Å². The molecular formula is C10H8Cl2O3. The molecule has 0 fully saturated rings. The molecule has 3 nitrogen and oxygen atoms in total. The third-order valence-corrected chi connectivity index (χ3v) is 1.99. The second-order valence-corrected chi connectivity index (χ2v) is 3.68. The first-order valence-corrected chi connectivity index (χ1v) is 4.74. The summed E-state index contributed by atoms with van der Waals surface area (Å²) in [6, 6.07) is 4.65. The van der Waals surface area contributed by atoms with Gasteiger partial charge in [-0.05, 0) is 18.2 Å². The topological polar surface area (TPSA) is 46.5 Å². The lowest BCUT2D eigenvalue weighted by Gasteiger charge is -2.06. The summed E-state index contributed by atoms with van der Waals surface area (Å²) < 4.78 is 5.14. The first-order valence-electron chi connectivity index (χ1n) is 3.99. The number of carbonyl (C=O) groups is 1. The molecule has 0 aromatic heterocycles. The molecule has 0 heterocycles. The molecule has 1 aromatic rings. The Balaban J connectivity index is 2.65. The monoisotopic (exact) mass is 246 g/mol. The van der Waals surface area contributed by atoms with Crippen molar-refractivity contribution < 1.29 is 14.6 Å². The molecule has 0 aliphatic heterocycles. The molecule has 0 aliphatic rings. The number of aliphatic carboxylic acids is 1. The largest absolute Gasteiger partial charge is 0.489 e. The molecule has 0 spiro atoms. The van der Waals surface area contributed by atoms with Crippen molar-refractivity contribution in [3.05, 3.63) is 40.4 Å². The maximum Gasteiger partial charge on any atom is 0.334 e. The predicted octanol–water partition coefficient (Wildman–Crippen LogP) is 3.01. The van der Waals surface area contributed by atoms with Gasteiger partial charge in [-0.2, -0.15) is 0 Å². The Morgan fingerprint density at radius 3 is 2.33 bits per heavy atom. The van der Waals surface area contributed by atoms with Crippen molar-refractivity contribution in [3.8, 4) is 5.75 Å². The number of rotatable bonds is 4. The molecule has 15 heavy (non-hydrogen) atoms. The molecule has 0 saturated carbocycles. The van der Waals surface area contributed by atoms with E-state index in [1.54, 1.807) is 18.2 Å². The van der Waals surface area contributed by atoms with Crippen LogP contribution in [0.25, 0.3) is 0 Å². The number of halogens is 2. The molecule has 1 N–H and O–H groups in total. The van der Waals surface area contributed by atoms with Gasteiger partial charge in [0.25, 0.3) is 0 Å².